The standard InChI is InChI=1S/C10H16Br2O2/c1-9(2)5-13-10(14-6-9)7(11)3-4-8(10)12/h7-8H,3-6H2,1-2H3/t7-,8+. The summed E-state index contributed by atoms with van der Waals surface area (Å²) in [6.07, 6.45) is 2.21. The van der Waals surface area contributed by atoms with Crippen molar-refractivity contribution in [1.82, 2.24) is 0 Å². The molecule has 1 saturated heterocycles. The summed E-state index contributed by atoms with van der Waals surface area (Å²) >= 11 is 7.31. The summed E-state index contributed by atoms with van der Waals surface area (Å²) < 4.78 is 11.9. The van der Waals surface area contributed by atoms with E-state index in [-0.39, 0.29) is 5.41 Å². The van der Waals surface area contributed by atoms with Crippen molar-refractivity contribution < 1.29 is 9.47 Å². The van der Waals surface area contributed by atoms with Gasteiger partial charge in [-0.3, -0.25) is 0 Å². The molecular formula is C10H16Br2O2. The van der Waals surface area contributed by atoms with Gasteiger partial charge in [-0.25, -0.2) is 0 Å². The molecular weight excluding hydrogens is 312 g/mol. The van der Waals surface area contributed by atoms with Crippen LogP contribution < -0.4 is 0 Å². The minimum atomic E-state index is -0.421. The number of halogens is 2. The molecule has 0 bridgehead atoms. The first kappa shape index (κ1) is 11.4. The van der Waals surface area contributed by atoms with Gasteiger partial charge in [0.25, 0.3) is 0 Å². The predicted octanol–water partition coefficient (Wildman–Crippen LogP) is 3.08. The van der Waals surface area contributed by atoms with E-state index in [0.29, 0.717) is 9.65 Å². The molecule has 1 heterocycles. The zero-order chi connectivity index (χ0) is 10.4. The Morgan fingerprint density at radius 3 is 1.86 bits per heavy atom. The Labute approximate surface area is 102 Å². The second-order valence-corrected chi connectivity index (χ2v) is 7.19. The molecule has 2 aliphatic rings. The molecule has 0 aromatic rings. The molecule has 0 unspecified atom stereocenters. The van der Waals surface area contributed by atoms with Crippen molar-refractivity contribution >= 4 is 31.9 Å². The van der Waals surface area contributed by atoms with E-state index >= 15 is 0 Å². The summed E-state index contributed by atoms with van der Waals surface area (Å²) in [6.45, 7) is 5.89. The van der Waals surface area contributed by atoms with Crippen LogP contribution in [0.2, 0.25) is 0 Å². The molecule has 4 heteroatoms. The van der Waals surface area contributed by atoms with Gasteiger partial charge in [-0.1, -0.05) is 45.7 Å². The summed E-state index contributed by atoms with van der Waals surface area (Å²) in [6, 6.07) is 0. The molecule has 14 heavy (non-hydrogen) atoms. The molecule has 1 aliphatic heterocycles. The summed E-state index contributed by atoms with van der Waals surface area (Å²) in [5.74, 6) is -0.421. The number of hydrogen-bond donors (Lipinski definition) is 0. The Morgan fingerprint density at radius 1 is 1.00 bits per heavy atom. The van der Waals surface area contributed by atoms with Gasteiger partial charge in [0.2, 0.25) is 0 Å². The van der Waals surface area contributed by atoms with Crippen LogP contribution in [0.5, 0.6) is 0 Å². The monoisotopic (exact) mass is 326 g/mol. The molecule has 2 fully saturated rings. The zero-order valence-corrected chi connectivity index (χ0v) is 11.7. The lowest BCUT2D eigenvalue weighted by Gasteiger charge is -2.44. The van der Waals surface area contributed by atoms with E-state index in [1.54, 1.807) is 0 Å². The summed E-state index contributed by atoms with van der Waals surface area (Å²) in [4.78, 5) is 0.631. The second kappa shape index (κ2) is 3.72. The molecule has 1 spiro atoms. The average Bonchev–Trinajstić information content (AvgIpc) is 2.39. The van der Waals surface area contributed by atoms with E-state index in [0.717, 1.165) is 26.1 Å². The first-order chi connectivity index (χ1) is 6.46. The van der Waals surface area contributed by atoms with Gasteiger partial charge in [0.05, 0.1) is 22.9 Å². The van der Waals surface area contributed by atoms with Crippen molar-refractivity contribution in [2.75, 3.05) is 13.2 Å². The van der Waals surface area contributed by atoms with E-state index in [2.05, 4.69) is 45.7 Å². The lowest BCUT2D eigenvalue weighted by atomic mass is 9.94. The highest BCUT2D eigenvalue weighted by atomic mass is 79.9. The fourth-order valence-corrected chi connectivity index (χ4v) is 4.00. The van der Waals surface area contributed by atoms with Crippen LogP contribution in [0.3, 0.4) is 0 Å². The van der Waals surface area contributed by atoms with Crippen LogP contribution in [0.4, 0.5) is 0 Å². The molecule has 2 nitrogen and oxygen atoms in total. The lowest BCUT2D eigenvalue weighted by molar-refractivity contribution is -0.287. The molecule has 0 radical (unpaired) electrons. The molecule has 1 aliphatic carbocycles. The SMILES string of the molecule is CC1(C)COC2(OC1)[C@H](Br)CC[C@@H]2Br. The van der Waals surface area contributed by atoms with Crippen molar-refractivity contribution in [3.05, 3.63) is 0 Å². The van der Waals surface area contributed by atoms with Crippen molar-refractivity contribution in [3.8, 4) is 0 Å². The maximum absolute atomic E-state index is 5.95. The largest absolute Gasteiger partial charge is 0.347 e. The fourth-order valence-electron chi connectivity index (χ4n) is 1.95. The Morgan fingerprint density at radius 2 is 1.43 bits per heavy atom. The van der Waals surface area contributed by atoms with Gasteiger partial charge >= 0.3 is 0 Å². The maximum Gasteiger partial charge on any atom is 0.193 e. The highest BCUT2D eigenvalue weighted by Crippen LogP contribution is 2.47. The highest BCUT2D eigenvalue weighted by Gasteiger charge is 2.54. The van der Waals surface area contributed by atoms with Gasteiger partial charge in [0, 0.05) is 5.41 Å². The molecule has 2 rings (SSSR count). The third-order valence-corrected chi connectivity index (χ3v) is 5.12. The second-order valence-electron chi connectivity index (χ2n) is 4.98. The third-order valence-electron chi connectivity index (χ3n) is 2.92. The van der Waals surface area contributed by atoms with Gasteiger partial charge < -0.3 is 9.47 Å². The van der Waals surface area contributed by atoms with Crippen LogP contribution in [0, 0.1) is 5.41 Å². The Bertz CT molecular complexity index is 208. The van der Waals surface area contributed by atoms with Crippen molar-refractivity contribution in [2.45, 2.75) is 42.1 Å². The van der Waals surface area contributed by atoms with E-state index in [1.165, 1.54) is 0 Å². The maximum atomic E-state index is 5.95. The predicted molar refractivity (Wildman–Crippen MR) is 63.1 cm³/mol. The molecule has 1 saturated carbocycles. The molecule has 82 valence electrons. The number of ether oxygens (including phenoxy) is 2. The normalized spacial score (nSPS) is 40.3. The zero-order valence-electron chi connectivity index (χ0n) is 8.56. The van der Waals surface area contributed by atoms with Crippen LogP contribution in [-0.2, 0) is 9.47 Å². The molecule has 0 N–H and O–H groups in total. The van der Waals surface area contributed by atoms with Crippen LogP contribution >= 0.6 is 31.9 Å². The molecule has 0 aromatic carbocycles. The average molecular weight is 328 g/mol. The minimum Gasteiger partial charge on any atom is -0.347 e. The van der Waals surface area contributed by atoms with Crippen molar-refractivity contribution in [3.63, 3.8) is 0 Å². The van der Waals surface area contributed by atoms with Gasteiger partial charge in [-0.15, -0.1) is 0 Å². The first-order valence-electron chi connectivity index (χ1n) is 5.02. The summed E-state index contributed by atoms with van der Waals surface area (Å²) in [5, 5.41) is 0. The molecule has 2 atom stereocenters. The van der Waals surface area contributed by atoms with E-state index < -0.39 is 5.79 Å². The highest BCUT2D eigenvalue weighted by molar-refractivity contribution is 9.10. The van der Waals surface area contributed by atoms with E-state index in [1.807, 2.05) is 0 Å². The molecule has 0 aromatic heterocycles. The third kappa shape index (κ3) is 1.79. The number of hydrogen-bond acceptors (Lipinski definition) is 2. The van der Waals surface area contributed by atoms with Crippen LogP contribution in [0.25, 0.3) is 0 Å². The van der Waals surface area contributed by atoms with E-state index in [9.17, 15) is 0 Å². The topological polar surface area (TPSA) is 18.5 Å². The molecule has 0 amide bonds. The number of rotatable bonds is 0. The fraction of sp³-hybridized carbons (Fsp3) is 1.00. The quantitative estimate of drug-likeness (QED) is 0.637. The van der Waals surface area contributed by atoms with Crippen LogP contribution in [0.1, 0.15) is 26.7 Å². The first-order valence-corrected chi connectivity index (χ1v) is 6.85. The summed E-state index contributed by atoms with van der Waals surface area (Å²) in [7, 11) is 0. The minimum absolute atomic E-state index is 0.146. The van der Waals surface area contributed by atoms with Crippen molar-refractivity contribution in [1.29, 1.82) is 0 Å². The summed E-state index contributed by atoms with van der Waals surface area (Å²) in [5.41, 5.74) is 0.146. The van der Waals surface area contributed by atoms with Gasteiger partial charge in [0.1, 0.15) is 0 Å². The Hall–Kier alpha value is 0.880. The van der Waals surface area contributed by atoms with Crippen LogP contribution in [-0.4, -0.2) is 28.7 Å². The smallest absolute Gasteiger partial charge is 0.193 e. The van der Waals surface area contributed by atoms with Crippen LogP contribution in [0.15, 0.2) is 0 Å². The van der Waals surface area contributed by atoms with Gasteiger partial charge in [0.15, 0.2) is 5.79 Å². The van der Waals surface area contributed by atoms with Gasteiger partial charge in [-0.2, -0.15) is 0 Å². The van der Waals surface area contributed by atoms with Gasteiger partial charge in [-0.05, 0) is 12.8 Å². The van der Waals surface area contributed by atoms with Crippen molar-refractivity contribution in [2.24, 2.45) is 5.41 Å². The Kier molecular flexibility index (Phi) is 3.02. The Balaban J connectivity index is 2.11. The number of alkyl halides is 2. The lowest BCUT2D eigenvalue weighted by Crippen LogP contribution is -2.54. The van der Waals surface area contributed by atoms with E-state index in [4.69, 9.17) is 9.47 Å².